The molecule has 3 rings (SSSR count). The summed E-state index contributed by atoms with van der Waals surface area (Å²) in [4.78, 5) is 20.0. The molecule has 0 saturated carbocycles. The number of furan rings is 1. The lowest BCUT2D eigenvalue weighted by Crippen LogP contribution is -2.24. The van der Waals surface area contributed by atoms with Gasteiger partial charge in [-0.2, -0.15) is 0 Å². The van der Waals surface area contributed by atoms with E-state index in [0.29, 0.717) is 16.7 Å². The van der Waals surface area contributed by atoms with Crippen LogP contribution in [0.1, 0.15) is 6.92 Å². The second-order valence-electron chi connectivity index (χ2n) is 4.48. The molecule has 10 heteroatoms. The lowest BCUT2D eigenvalue weighted by molar-refractivity contribution is -0.115. The predicted molar refractivity (Wildman–Crippen MR) is 83.9 cm³/mol. The van der Waals surface area contributed by atoms with Crippen molar-refractivity contribution in [2.45, 2.75) is 17.3 Å². The Balaban J connectivity index is 1.68. The van der Waals surface area contributed by atoms with Crippen LogP contribution in [-0.2, 0) is 4.79 Å². The minimum absolute atomic E-state index is 0.246. The minimum atomic E-state index is -0.463. The van der Waals surface area contributed by atoms with Crippen molar-refractivity contribution >= 4 is 23.6 Å². The molecule has 3 aromatic rings. The molecule has 0 saturated heterocycles. The summed E-state index contributed by atoms with van der Waals surface area (Å²) in [5, 5.41) is 10.5. The summed E-state index contributed by atoms with van der Waals surface area (Å²) in [6, 6.07) is 5.12. The van der Waals surface area contributed by atoms with Crippen molar-refractivity contribution in [1.82, 2.24) is 24.8 Å². The Kier molecular flexibility index (Phi) is 4.24. The van der Waals surface area contributed by atoms with Crippen molar-refractivity contribution < 1.29 is 9.21 Å². The first-order valence-corrected chi connectivity index (χ1v) is 7.52. The Morgan fingerprint density at radius 1 is 1.35 bits per heavy atom. The van der Waals surface area contributed by atoms with Gasteiger partial charge in [0.15, 0.2) is 5.76 Å². The maximum absolute atomic E-state index is 12.1. The van der Waals surface area contributed by atoms with Gasteiger partial charge in [-0.05, 0) is 25.1 Å². The summed E-state index contributed by atoms with van der Waals surface area (Å²) < 4.78 is 6.52. The van der Waals surface area contributed by atoms with Crippen LogP contribution in [0.25, 0.3) is 11.6 Å². The van der Waals surface area contributed by atoms with E-state index in [4.69, 9.17) is 10.3 Å². The third kappa shape index (κ3) is 3.31. The number of rotatable bonds is 5. The molecule has 0 fully saturated rings. The molecule has 0 spiro atoms. The fraction of sp³-hybridized carbons (Fsp3) is 0.154. The zero-order valence-electron chi connectivity index (χ0n) is 12.1. The highest BCUT2D eigenvalue weighted by Gasteiger charge is 2.21. The highest BCUT2D eigenvalue weighted by atomic mass is 32.2. The van der Waals surface area contributed by atoms with E-state index in [1.165, 1.54) is 22.7 Å². The van der Waals surface area contributed by atoms with Crippen molar-refractivity contribution in [1.29, 1.82) is 0 Å². The zero-order chi connectivity index (χ0) is 16.2. The first kappa shape index (κ1) is 15.0. The number of carbonyl (C=O) groups excluding carboxylic acids is 1. The van der Waals surface area contributed by atoms with Gasteiger partial charge in [0, 0.05) is 12.4 Å². The lowest BCUT2D eigenvalue weighted by Gasteiger charge is -2.10. The molecule has 118 valence electrons. The van der Waals surface area contributed by atoms with Gasteiger partial charge in [-0.3, -0.25) is 10.1 Å². The fourth-order valence-corrected chi connectivity index (χ4v) is 2.49. The largest absolute Gasteiger partial charge is 0.461 e. The number of anilines is 1. The molecule has 3 heterocycles. The van der Waals surface area contributed by atoms with Crippen molar-refractivity contribution in [2.75, 3.05) is 11.2 Å². The number of aromatic nitrogens is 5. The number of nitrogens with two attached hydrogens (primary N) is 1. The van der Waals surface area contributed by atoms with Crippen LogP contribution in [0.5, 0.6) is 0 Å². The molecule has 3 aromatic heterocycles. The quantitative estimate of drug-likeness (QED) is 0.527. The van der Waals surface area contributed by atoms with Crippen molar-refractivity contribution in [3.05, 3.63) is 36.9 Å². The average molecular weight is 331 g/mol. The van der Waals surface area contributed by atoms with Gasteiger partial charge in [0.2, 0.25) is 22.8 Å². The summed E-state index contributed by atoms with van der Waals surface area (Å²) >= 11 is 1.17. The first-order chi connectivity index (χ1) is 11.1. The summed E-state index contributed by atoms with van der Waals surface area (Å²) in [6.07, 6.45) is 4.62. The molecule has 23 heavy (non-hydrogen) atoms. The molecule has 0 aliphatic carbocycles. The van der Waals surface area contributed by atoms with Crippen LogP contribution in [-0.4, -0.2) is 36.0 Å². The van der Waals surface area contributed by atoms with Gasteiger partial charge < -0.3 is 10.3 Å². The van der Waals surface area contributed by atoms with Gasteiger partial charge in [0.25, 0.3) is 0 Å². The summed E-state index contributed by atoms with van der Waals surface area (Å²) in [5.74, 6) is 6.82. The zero-order valence-corrected chi connectivity index (χ0v) is 12.9. The number of carbonyl (C=O) groups is 1. The summed E-state index contributed by atoms with van der Waals surface area (Å²) in [6.45, 7) is 1.73. The number of hydrogen-bond acceptors (Lipinski definition) is 8. The smallest absolute Gasteiger partial charge is 0.240 e. The molecular formula is C13H13N7O2S. The predicted octanol–water partition coefficient (Wildman–Crippen LogP) is 1.16. The van der Waals surface area contributed by atoms with Crippen LogP contribution in [0.3, 0.4) is 0 Å². The van der Waals surface area contributed by atoms with E-state index in [0.717, 1.165) is 0 Å². The van der Waals surface area contributed by atoms with Crippen LogP contribution in [0, 0.1) is 0 Å². The number of hydrogen-bond donors (Lipinski definition) is 2. The second kappa shape index (κ2) is 6.48. The standard InChI is InChI=1S/C13H13N7O2S/c1-8(11(21)17-12-15-5-3-6-16-12)23-13-19-18-10(20(13)14)9-4-2-7-22-9/h2-8H,14H2,1H3,(H,15,16,17,21). The number of amides is 1. The van der Waals surface area contributed by atoms with E-state index in [9.17, 15) is 4.79 Å². The highest BCUT2D eigenvalue weighted by molar-refractivity contribution is 8.00. The van der Waals surface area contributed by atoms with Crippen LogP contribution >= 0.6 is 11.8 Å². The molecule has 0 aromatic carbocycles. The second-order valence-corrected chi connectivity index (χ2v) is 5.78. The topological polar surface area (TPSA) is 125 Å². The van der Waals surface area contributed by atoms with E-state index < -0.39 is 5.25 Å². The van der Waals surface area contributed by atoms with E-state index in [1.54, 1.807) is 37.5 Å². The monoisotopic (exact) mass is 331 g/mol. The van der Waals surface area contributed by atoms with Gasteiger partial charge in [-0.25, -0.2) is 14.6 Å². The van der Waals surface area contributed by atoms with Crippen molar-refractivity contribution in [2.24, 2.45) is 0 Å². The SMILES string of the molecule is CC(Sc1nnc(-c2ccco2)n1N)C(=O)Nc1ncccn1. The Morgan fingerprint density at radius 2 is 2.13 bits per heavy atom. The van der Waals surface area contributed by atoms with Gasteiger partial charge >= 0.3 is 0 Å². The molecule has 1 amide bonds. The Morgan fingerprint density at radius 3 is 2.83 bits per heavy atom. The van der Waals surface area contributed by atoms with Gasteiger partial charge in [-0.15, -0.1) is 10.2 Å². The van der Waals surface area contributed by atoms with Crippen LogP contribution in [0.4, 0.5) is 5.95 Å². The molecule has 1 atom stereocenters. The van der Waals surface area contributed by atoms with Gasteiger partial charge in [-0.1, -0.05) is 11.8 Å². The van der Waals surface area contributed by atoms with Crippen molar-refractivity contribution in [3.8, 4) is 11.6 Å². The molecule has 0 aliphatic heterocycles. The van der Waals surface area contributed by atoms with E-state index in [2.05, 4.69) is 25.5 Å². The number of nitrogens with one attached hydrogen (secondary N) is 1. The third-order valence-electron chi connectivity index (χ3n) is 2.86. The molecule has 1 unspecified atom stereocenters. The number of thioether (sulfide) groups is 1. The van der Waals surface area contributed by atoms with E-state index >= 15 is 0 Å². The lowest BCUT2D eigenvalue weighted by atomic mass is 10.4. The van der Waals surface area contributed by atoms with Crippen LogP contribution in [0.2, 0.25) is 0 Å². The van der Waals surface area contributed by atoms with Gasteiger partial charge in [0.05, 0.1) is 11.5 Å². The Hall–Kier alpha value is -2.88. The normalized spacial score (nSPS) is 12.0. The number of nitrogens with zero attached hydrogens (tertiary/aromatic N) is 5. The Labute approximate surface area is 135 Å². The molecule has 0 aliphatic rings. The Bertz CT molecular complexity index is 788. The van der Waals surface area contributed by atoms with Crippen molar-refractivity contribution in [3.63, 3.8) is 0 Å². The minimum Gasteiger partial charge on any atom is -0.461 e. The highest BCUT2D eigenvalue weighted by Crippen LogP contribution is 2.25. The van der Waals surface area contributed by atoms with Crippen LogP contribution < -0.4 is 11.2 Å². The molecule has 3 N–H and O–H groups in total. The van der Waals surface area contributed by atoms with Gasteiger partial charge in [0.1, 0.15) is 0 Å². The molecular weight excluding hydrogens is 318 g/mol. The molecule has 0 radical (unpaired) electrons. The number of nitrogen functional groups attached to an aromatic ring is 1. The first-order valence-electron chi connectivity index (χ1n) is 6.64. The van der Waals surface area contributed by atoms with E-state index in [1.807, 2.05) is 0 Å². The molecule has 0 bridgehead atoms. The summed E-state index contributed by atoms with van der Waals surface area (Å²) in [5.41, 5.74) is 0. The fourth-order valence-electron chi connectivity index (χ4n) is 1.72. The third-order valence-corrected chi connectivity index (χ3v) is 3.92. The summed E-state index contributed by atoms with van der Waals surface area (Å²) in [7, 11) is 0. The molecule has 9 nitrogen and oxygen atoms in total. The van der Waals surface area contributed by atoms with Crippen LogP contribution in [0.15, 0.2) is 46.4 Å². The maximum atomic E-state index is 12.1. The average Bonchev–Trinajstić information content (AvgIpc) is 3.19. The van der Waals surface area contributed by atoms with E-state index in [-0.39, 0.29) is 11.9 Å². The maximum Gasteiger partial charge on any atom is 0.240 e.